The summed E-state index contributed by atoms with van der Waals surface area (Å²) < 4.78 is 5.17. The van der Waals surface area contributed by atoms with Crippen molar-refractivity contribution >= 4 is 17.7 Å². The van der Waals surface area contributed by atoms with Crippen molar-refractivity contribution < 1.29 is 9.53 Å². The Kier molecular flexibility index (Phi) is 6.95. The predicted octanol–water partition coefficient (Wildman–Crippen LogP) is 2.28. The van der Waals surface area contributed by atoms with Gasteiger partial charge in [0.15, 0.2) is 5.16 Å². The van der Waals surface area contributed by atoms with Gasteiger partial charge in [-0.25, -0.2) is 9.97 Å². The Morgan fingerprint density at radius 2 is 2.10 bits per heavy atom. The SMILES string of the molecule is CCNC(C)(CC(C)Sc1ncccn1)C(=O)OCC. The zero-order valence-corrected chi connectivity index (χ0v) is 13.4. The second-order valence-electron chi connectivity index (χ2n) is 4.75. The number of carbonyl (C=O) groups is 1. The molecule has 0 spiro atoms. The Morgan fingerprint density at radius 1 is 1.45 bits per heavy atom. The molecule has 0 bridgehead atoms. The molecule has 0 aliphatic carbocycles. The molecule has 2 atom stereocenters. The maximum absolute atomic E-state index is 12.1. The van der Waals surface area contributed by atoms with Crippen LogP contribution in [0.1, 0.15) is 34.1 Å². The summed E-state index contributed by atoms with van der Waals surface area (Å²) in [6.45, 7) is 8.86. The number of nitrogens with zero attached hydrogens (tertiary/aromatic N) is 2. The van der Waals surface area contributed by atoms with Gasteiger partial charge >= 0.3 is 5.97 Å². The fraction of sp³-hybridized carbons (Fsp3) is 0.643. The van der Waals surface area contributed by atoms with Crippen LogP contribution in [0.2, 0.25) is 0 Å². The van der Waals surface area contributed by atoms with Gasteiger partial charge in [0.05, 0.1) is 6.61 Å². The molecule has 0 amide bonds. The molecule has 20 heavy (non-hydrogen) atoms. The van der Waals surface area contributed by atoms with Crippen LogP contribution in [-0.4, -0.2) is 39.9 Å². The number of likely N-dealkylation sites (N-methyl/N-ethyl adjacent to an activating group) is 1. The van der Waals surface area contributed by atoms with Crippen LogP contribution in [0, 0.1) is 0 Å². The molecule has 112 valence electrons. The molecule has 6 heteroatoms. The van der Waals surface area contributed by atoms with Crippen molar-refractivity contribution in [3.63, 3.8) is 0 Å². The molecule has 5 nitrogen and oxygen atoms in total. The minimum absolute atomic E-state index is 0.200. The second-order valence-corrected chi connectivity index (χ2v) is 6.15. The molecule has 1 aromatic heterocycles. The average Bonchev–Trinajstić information content (AvgIpc) is 2.40. The third-order valence-electron chi connectivity index (χ3n) is 2.84. The summed E-state index contributed by atoms with van der Waals surface area (Å²) >= 11 is 1.56. The number of carbonyl (C=O) groups excluding carboxylic acids is 1. The van der Waals surface area contributed by atoms with Crippen molar-refractivity contribution in [2.75, 3.05) is 13.2 Å². The van der Waals surface area contributed by atoms with Crippen molar-refractivity contribution in [2.24, 2.45) is 0 Å². The van der Waals surface area contributed by atoms with Gasteiger partial charge in [0.1, 0.15) is 5.54 Å². The highest BCUT2D eigenvalue weighted by molar-refractivity contribution is 7.99. The molecule has 0 fully saturated rings. The van der Waals surface area contributed by atoms with Gasteiger partial charge in [0.25, 0.3) is 0 Å². The average molecular weight is 297 g/mol. The molecule has 0 radical (unpaired) electrons. The van der Waals surface area contributed by atoms with Crippen LogP contribution in [0.25, 0.3) is 0 Å². The highest BCUT2D eigenvalue weighted by atomic mass is 32.2. The maximum atomic E-state index is 12.1. The molecule has 2 unspecified atom stereocenters. The van der Waals surface area contributed by atoms with E-state index in [9.17, 15) is 4.79 Å². The molecule has 0 aromatic carbocycles. The molecular formula is C14H23N3O2S. The van der Waals surface area contributed by atoms with Gasteiger partial charge in [-0.15, -0.1) is 0 Å². The summed E-state index contributed by atoms with van der Waals surface area (Å²) in [7, 11) is 0. The van der Waals surface area contributed by atoms with Crippen LogP contribution in [0.15, 0.2) is 23.6 Å². The van der Waals surface area contributed by atoms with E-state index in [1.54, 1.807) is 30.2 Å². The van der Waals surface area contributed by atoms with E-state index in [-0.39, 0.29) is 11.2 Å². The van der Waals surface area contributed by atoms with E-state index in [0.29, 0.717) is 19.6 Å². The van der Waals surface area contributed by atoms with Gasteiger partial charge in [-0.05, 0) is 32.9 Å². The number of rotatable bonds is 8. The lowest BCUT2D eigenvalue weighted by Gasteiger charge is -2.30. The van der Waals surface area contributed by atoms with E-state index >= 15 is 0 Å². The summed E-state index contributed by atoms with van der Waals surface area (Å²) in [5.41, 5.74) is -0.675. The topological polar surface area (TPSA) is 64.1 Å². The van der Waals surface area contributed by atoms with Gasteiger partial charge in [-0.1, -0.05) is 25.6 Å². The number of esters is 1. The predicted molar refractivity (Wildman–Crippen MR) is 80.7 cm³/mol. The number of thioether (sulfide) groups is 1. The zero-order chi connectivity index (χ0) is 15.0. The number of aromatic nitrogens is 2. The van der Waals surface area contributed by atoms with Crippen LogP contribution in [0.5, 0.6) is 0 Å². The van der Waals surface area contributed by atoms with E-state index in [0.717, 1.165) is 5.16 Å². The Bertz CT molecular complexity index is 416. The Balaban J connectivity index is 2.67. The van der Waals surface area contributed by atoms with Crippen molar-refractivity contribution in [1.29, 1.82) is 0 Å². The highest BCUT2D eigenvalue weighted by Crippen LogP contribution is 2.26. The Morgan fingerprint density at radius 3 is 2.65 bits per heavy atom. The zero-order valence-electron chi connectivity index (χ0n) is 12.5. The maximum Gasteiger partial charge on any atom is 0.326 e. The van der Waals surface area contributed by atoms with Crippen molar-refractivity contribution in [3.8, 4) is 0 Å². The highest BCUT2D eigenvalue weighted by Gasteiger charge is 2.35. The lowest BCUT2D eigenvalue weighted by Crippen LogP contribution is -2.51. The minimum Gasteiger partial charge on any atom is -0.465 e. The summed E-state index contributed by atoms with van der Waals surface area (Å²) in [5.74, 6) is -0.205. The van der Waals surface area contributed by atoms with E-state index < -0.39 is 5.54 Å². The van der Waals surface area contributed by atoms with Crippen molar-refractivity contribution in [2.45, 2.75) is 50.1 Å². The largest absolute Gasteiger partial charge is 0.465 e. The molecule has 1 heterocycles. The minimum atomic E-state index is -0.675. The van der Waals surface area contributed by atoms with E-state index in [1.807, 2.05) is 20.8 Å². The lowest BCUT2D eigenvalue weighted by atomic mass is 9.96. The monoisotopic (exact) mass is 297 g/mol. The first kappa shape index (κ1) is 16.9. The van der Waals surface area contributed by atoms with E-state index in [1.165, 1.54) is 0 Å². The number of hydrogen-bond acceptors (Lipinski definition) is 6. The molecule has 0 saturated heterocycles. The van der Waals surface area contributed by atoms with Gasteiger partial charge < -0.3 is 10.1 Å². The van der Waals surface area contributed by atoms with Crippen LogP contribution >= 0.6 is 11.8 Å². The quantitative estimate of drug-likeness (QED) is 0.451. The van der Waals surface area contributed by atoms with E-state index in [2.05, 4.69) is 22.2 Å². The van der Waals surface area contributed by atoms with Crippen LogP contribution in [0.3, 0.4) is 0 Å². The summed E-state index contributed by atoms with van der Waals surface area (Å²) in [6.07, 6.45) is 4.09. The van der Waals surface area contributed by atoms with Gasteiger partial charge in [-0.2, -0.15) is 0 Å². The van der Waals surface area contributed by atoms with Gasteiger partial charge in [0.2, 0.25) is 0 Å². The third-order valence-corrected chi connectivity index (χ3v) is 3.83. The summed E-state index contributed by atoms with van der Waals surface area (Å²) in [6, 6.07) is 1.79. The van der Waals surface area contributed by atoms with Crippen LogP contribution in [0.4, 0.5) is 0 Å². The first-order valence-electron chi connectivity index (χ1n) is 6.87. The standard InChI is InChI=1S/C14H23N3O2S/c1-5-17-14(4,12(18)19-6-2)10-11(3)20-13-15-8-7-9-16-13/h7-9,11,17H,5-6,10H2,1-4H3. The van der Waals surface area contributed by atoms with Gasteiger partial charge in [0, 0.05) is 17.6 Å². The number of ether oxygens (including phenoxy) is 1. The Labute approximate surface area is 124 Å². The molecule has 1 aromatic rings. The molecule has 1 rings (SSSR count). The summed E-state index contributed by atoms with van der Waals surface area (Å²) in [5, 5.41) is 4.16. The number of nitrogens with one attached hydrogen (secondary N) is 1. The fourth-order valence-corrected chi connectivity index (χ4v) is 3.07. The van der Waals surface area contributed by atoms with Crippen LogP contribution < -0.4 is 5.32 Å². The normalized spacial score (nSPS) is 15.4. The first-order chi connectivity index (χ1) is 9.51. The van der Waals surface area contributed by atoms with Crippen molar-refractivity contribution in [3.05, 3.63) is 18.5 Å². The van der Waals surface area contributed by atoms with E-state index in [4.69, 9.17) is 4.74 Å². The van der Waals surface area contributed by atoms with Gasteiger partial charge in [-0.3, -0.25) is 4.79 Å². The summed E-state index contributed by atoms with van der Waals surface area (Å²) in [4.78, 5) is 20.5. The fourth-order valence-electron chi connectivity index (χ4n) is 2.05. The molecule has 0 aliphatic heterocycles. The lowest BCUT2D eigenvalue weighted by molar-refractivity contribution is -0.150. The van der Waals surface area contributed by atoms with Crippen molar-refractivity contribution in [1.82, 2.24) is 15.3 Å². The third kappa shape index (κ3) is 5.09. The second kappa shape index (κ2) is 8.21. The molecular weight excluding hydrogens is 274 g/mol. The molecule has 0 aliphatic rings. The van der Waals surface area contributed by atoms with Crippen LogP contribution in [-0.2, 0) is 9.53 Å². The molecule has 0 saturated carbocycles. The number of hydrogen-bond donors (Lipinski definition) is 1. The smallest absolute Gasteiger partial charge is 0.326 e. The first-order valence-corrected chi connectivity index (χ1v) is 7.75. The Hall–Kier alpha value is -1.14. The molecule has 1 N–H and O–H groups in total.